The predicted octanol–water partition coefficient (Wildman–Crippen LogP) is 0.417. The number of nitrogens with zero attached hydrogens (tertiary/aromatic N) is 1. The van der Waals surface area contributed by atoms with Crippen LogP contribution < -0.4 is 16.0 Å². The second-order valence-electron chi connectivity index (χ2n) is 6.60. The molecule has 0 aromatic carbocycles. The predicted molar refractivity (Wildman–Crippen MR) is 87.8 cm³/mol. The summed E-state index contributed by atoms with van der Waals surface area (Å²) in [6, 6.07) is 1.78. The quantitative estimate of drug-likeness (QED) is 0.690. The third-order valence-electron chi connectivity index (χ3n) is 4.72. The molecule has 2 saturated heterocycles. The van der Waals surface area contributed by atoms with Crippen LogP contribution in [0.3, 0.4) is 0 Å². The highest BCUT2D eigenvalue weighted by atomic mass is 16.5. The monoisotopic (exact) mass is 298 g/mol. The van der Waals surface area contributed by atoms with Gasteiger partial charge in [-0.1, -0.05) is 0 Å². The molecule has 2 aliphatic rings. The van der Waals surface area contributed by atoms with Crippen molar-refractivity contribution in [3.8, 4) is 0 Å². The molecule has 5 heteroatoms. The summed E-state index contributed by atoms with van der Waals surface area (Å²) < 4.78 is 5.47. The lowest BCUT2D eigenvalue weighted by Crippen LogP contribution is -2.52. The van der Waals surface area contributed by atoms with E-state index in [4.69, 9.17) is 4.74 Å². The third-order valence-corrected chi connectivity index (χ3v) is 4.72. The van der Waals surface area contributed by atoms with Crippen molar-refractivity contribution in [2.75, 3.05) is 53.0 Å². The standard InChI is InChI=1S/C16H34N4O/c1-14-11-17-8-9-19-15-5-4-10-20(12-15)16(13-21-2)6-3-7-18-14/h14-19H,3-13H2,1-2H3. The maximum absolute atomic E-state index is 5.47. The lowest BCUT2D eigenvalue weighted by Gasteiger charge is -2.38. The molecule has 21 heavy (non-hydrogen) atoms. The summed E-state index contributed by atoms with van der Waals surface area (Å²) in [5.41, 5.74) is 0. The number of ether oxygens (including phenoxy) is 1. The number of hydrogen-bond donors (Lipinski definition) is 3. The Morgan fingerprint density at radius 3 is 2.86 bits per heavy atom. The molecule has 4 unspecified atom stereocenters. The summed E-state index contributed by atoms with van der Waals surface area (Å²) in [5, 5.41) is 10.9. The number of hydrogen-bond acceptors (Lipinski definition) is 5. The van der Waals surface area contributed by atoms with Gasteiger partial charge in [-0.05, 0) is 45.7 Å². The van der Waals surface area contributed by atoms with Gasteiger partial charge in [-0.3, -0.25) is 4.90 Å². The molecule has 124 valence electrons. The van der Waals surface area contributed by atoms with Gasteiger partial charge in [0, 0.05) is 51.4 Å². The van der Waals surface area contributed by atoms with Gasteiger partial charge < -0.3 is 20.7 Å². The highest BCUT2D eigenvalue weighted by molar-refractivity contribution is 4.83. The number of piperidine rings is 1. The van der Waals surface area contributed by atoms with E-state index in [1.165, 1.54) is 38.8 Å². The summed E-state index contributed by atoms with van der Waals surface area (Å²) in [4.78, 5) is 2.65. The van der Waals surface area contributed by atoms with Crippen molar-refractivity contribution in [3.63, 3.8) is 0 Å². The molecular weight excluding hydrogens is 264 g/mol. The molecule has 5 nitrogen and oxygen atoms in total. The van der Waals surface area contributed by atoms with Gasteiger partial charge in [0.15, 0.2) is 0 Å². The van der Waals surface area contributed by atoms with Crippen LogP contribution in [0, 0.1) is 0 Å². The number of methoxy groups -OCH3 is 1. The Labute approximate surface area is 130 Å². The fraction of sp³-hybridized carbons (Fsp3) is 1.00. The normalized spacial score (nSPS) is 36.9. The van der Waals surface area contributed by atoms with Gasteiger partial charge in [0.25, 0.3) is 0 Å². The SMILES string of the molecule is COCC1CCCNC(C)CNCCNC2CCCN1C2. The minimum absolute atomic E-state index is 0.550. The van der Waals surface area contributed by atoms with Crippen molar-refractivity contribution in [3.05, 3.63) is 0 Å². The number of fused-ring (bicyclic) bond motifs is 2. The summed E-state index contributed by atoms with van der Waals surface area (Å²) in [5.74, 6) is 0. The van der Waals surface area contributed by atoms with E-state index in [1.54, 1.807) is 0 Å². The van der Waals surface area contributed by atoms with Crippen LogP contribution in [0.1, 0.15) is 32.6 Å². The van der Waals surface area contributed by atoms with Crippen LogP contribution in [0.15, 0.2) is 0 Å². The molecule has 0 radical (unpaired) electrons. The number of rotatable bonds is 2. The summed E-state index contributed by atoms with van der Waals surface area (Å²) in [6.45, 7) is 9.83. The van der Waals surface area contributed by atoms with Crippen molar-refractivity contribution in [1.29, 1.82) is 0 Å². The van der Waals surface area contributed by atoms with Gasteiger partial charge >= 0.3 is 0 Å². The topological polar surface area (TPSA) is 48.6 Å². The summed E-state index contributed by atoms with van der Waals surface area (Å²) >= 11 is 0. The molecule has 0 aromatic heterocycles. The second-order valence-corrected chi connectivity index (χ2v) is 6.60. The van der Waals surface area contributed by atoms with E-state index in [1.807, 2.05) is 7.11 Å². The molecule has 2 rings (SSSR count). The summed E-state index contributed by atoms with van der Waals surface area (Å²) in [6.07, 6.45) is 5.08. The minimum Gasteiger partial charge on any atom is -0.383 e. The van der Waals surface area contributed by atoms with Crippen molar-refractivity contribution in [1.82, 2.24) is 20.9 Å². The Bertz CT molecular complexity index is 277. The van der Waals surface area contributed by atoms with Crippen LogP contribution in [0.2, 0.25) is 0 Å². The van der Waals surface area contributed by atoms with E-state index in [-0.39, 0.29) is 0 Å². The van der Waals surface area contributed by atoms with Crippen LogP contribution in [0.5, 0.6) is 0 Å². The van der Waals surface area contributed by atoms with Crippen molar-refractivity contribution in [2.24, 2.45) is 0 Å². The Balaban J connectivity index is 1.90. The van der Waals surface area contributed by atoms with Gasteiger partial charge in [-0.2, -0.15) is 0 Å². The second kappa shape index (κ2) is 9.74. The highest BCUT2D eigenvalue weighted by Crippen LogP contribution is 2.16. The van der Waals surface area contributed by atoms with Crippen LogP contribution in [-0.2, 0) is 4.74 Å². The molecule has 0 amide bonds. The fourth-order valence-electron chi connectivity index (χ4n) is 3.51. The van der Waals surface area contributed by atoms with E-state index < -0.39 is 0 Å². The molecule has 0 saturated carbocycles. The smallest absolute Gasteiger partial charge is 0.0618 e. The van der Waals surface area contributed by atoms with E-state index in [0.29, 0.717) is 18.1 Å². The van der Waals surface area contributed by atoms with Gasteiger partial charge in [0.2, 0.25) is 0 Å². The molecular formula is C16H34N4O. The zero-order chi connectivity index (χ0) is 14.9. The van der Waals surface area contributed by atoms with Gasteiger partial charge in [0.1, 0.15) is 0 Å². The molecule has 0 aliphatic carbocycles. The van der Waals surface area contributed by atoms with Gasteiger partial charge in [0.05, 0.1) is 6.61 Å². The first kappa shape index (κ1) is 17.2. The lowest BCUT2D eigenvalue weighted by molar-refractivity contribution is 0.0609. The first-order chi connectivity index (χ1) is 10.3. The van der Waals surface area contributed by atoms with E-state index in [9.17, 15) is 0 Å². The maximum Gasteiger partial charge on any atom is 0.0618 e. The Morgan fingerprint density at radius 1 is 1.10 bits per heavy atom. The van der Waals surface area contributed by atoms with Crippen LogP contribution in [-0.4, -0.2) is 76.0 Å². The Hall–Kier alpha value is -0.200. The molecule has 2 fully saturated rings. The summed E-state index contributed by atoms with van der Waals surface area (Å²) in [7, 11) is 1.83. The van der Waals surface area contributed by atoms with Gasteiger partial charge in [-0.25, -0.2) is 0 Å². The zero-order valence-electron chi connectivity index (χ0n) is 13.9. The average Bonchev–Trinajstić information content (AvgIpc) is 2.49. The average molecular weight is 298 g/mol. The largest absolute Gasteiger partial charge is 0.383 e. The van der Waals surface area contributed by atoms with Crippen molar-refractivity contribution >= 4 is 0 Å². The third kappa shape index (κ3) is 6.20. The van der Waals surface area contributed by atoms with Crippen LogP contribution >= 0.6 is 0 Å². The van der Waals surface area contributed by atoms with Gasteiger partial charge in [-0.15, -0.1) is 0 Å². The van der Waals surface area contributed by atoms with Crippen molar-refractivity contribution in [2.45, 2.75) is 50.7 Å². The Morgan fingerprint density at radius 2 is 2.00 bits per heavy atom. The van der Waals surface area contributed by atoms with Crippen LogP contribution in [0.25, 0.3) is 0 Å². The Kier molecular flexibility index (Phi) is 7.96. The first-order valence-corrected chi connectivity index (χ1v) is 8.70. The molecule has 2 heterocycles. The molecule has 4 atom stereocenters. The molecule has 0 spiro atoms. The maximum atomic E-state index is 5.47. The lowest BCUT2D eigenvalue weighted by atomic mass is 10.0. The zero-order valence-corrected chi connectivity index (χ0v) is 13.9. The molecule has 2 bridgehead atoms. The molecule has 3 N–H and O–H groups in total. The number of nitrogens with one attached hydrogen (secondary N) is 3. The highest BCUT2D eigenvalue weighted by Gasteiger charge is 2.25. The molecule has 2 aliphatic heterocycles. The van der Waals surface area contributed by atoms with Crippen LogP contribution in [0.4, 0.5) is 0 Å². The first-order valence-electron chi connectivity index (χ1n) is 8.70. The fourth-order valence-corrected chi connectivity index (χ4v) is 3.51. The van der Waals surface area contributed by atoms with E-state index >= 15 is 0 Å². The van der Waals surface area contributed by atoms with Crippen molar-refractivity contribution < 1.29 is 4.74 Å². The van der Waals surface area contributed by atoms with E-state index in [2.05, 4.69) is 27.8 Å². The minimum atomic E-state index is 0.550. The van der Waals surface area contributed by atoms with E-state index in [0.717, 1.165) is 32.8 Å². The molecule has 0 aromatic rings.